The number of amides is 1. The lowest BCUT2D eigenvalue weighted by Gasteiger charge is -2.43. The number of fused-ring (bicyclic) bond motifs is 3. The number of pyridine rings is 1. The molecule has 3 heterocycles. The molecule has 1 aromatic heterocycles. The van der Waals surface area contributed by atoms with E-state index in [4.69, 9.17) is 9.72 Å². The van der Waals surface area contributed by atoms with Gasteiger partial charge in [-0.05, 0) is 61.7 Å². The molecule has 3 rings (SSSR count). The van der Waals surface area contributed by atoms with Crippen LogP contribution in [-0.4, -0.2) is 46.8 Å². The van der Waals surface area contributed by atoms with Crippen molar-refractivity contribution in [2.24, 2.45) is 0 Å². The Hall–Kier alpha value is -0.820. The number of hydrogen-bond donors (Lipinski definition) is 0. The molecule has 132 valence electrons. The van der Waals surface area contributed by atoms with Gasteiger partial charge in [-0.3, -0.25) is 0 Å². The summed E-state index contributed by atoms with van der Waals surface area (Å²) in [4.78, 5) is 21.5. The number of hydrogen-bond acceptors (Lipinski definition) is 4. The Morgan fingerprint density at radius 1 is 1.42 bits per heavy atom. The maximum atomic E-state index is 12.4. The average molecular weight is 461 g/mol. The fraction of sp³-hybridized carbons (Fsp3) is 0.647. The van der Waals surface area contributed by atoms with Gasteiger partial charge in [0.15, 0.2) is 0 Å². The molecule has 2 aliphatic heterocycles. The lowest BCUT2D eigenvalue weighted by molar-refractivity contribution is 0.0191. The zero-order chi connectivity index (χ0) is 17.6. The standard InChI is InChI=1S/C17H23Br2N3O2/c1-10-8-21(16(23)24-17(2,3)4)9-12-5-11-6-13(19)14(7-18)20-15(11)22(10)12/h6,10,12H,5,7-9H2,1-4H3/t10-,12-/m1/s1. The Labute approximate surface area is 160 Å². The van der Waals surface area contributed by atoms with Crippen LogP contribution in [0.4, 0.5) is 10.6 Å². The molecule has 0 aliphatic carbocycles. The molecule has 0 saturated carbocycles. The summed E-state index contributed by atoms with van der Waals surface area (Å²) < 4.78 is 6.58. The summed E-state index contributed by atoms with van der Waals surface area (Å²) in [6.07, 6.45) is 0.688. The van der Waals surface area contributed by atoms with Crippen molar-refractivity contribution >= 4 is 43.8 Å². The smallest absolute Gasteiger partial charge is 0.410 e. The number of alkyl halides is 1. The van der Waals surface area contributed by atoms with Crippen molar-refractivity contribution in [3.63, 3.8) is 0 Å². The first-order chi connectivity index (χ1) is 11.2. The van der Waals surface area contributed by atoms with E-state index >= 15 is 0 Å². The van der Waals surface area contributed by atoms with Gasteiger partial charge in [0.2, 0.25) is 0 Å². The van der Waals surface area contributed by atoms with Crippen LogP contribution in [0.3, 0.4) is 0 Å². The highest BCUT2D eigenvalue weighted by molar-refractivity contribution is 9.10. The second-order valence-electron chi connectivity index (χ2n) is 7.53. The number of nitrogens with zero attached hydrogens (tertiary/aromatic N) is 3. The molecule has 1 saturated heterocycles. The fourth-order valence-electron chi connectivity index (χ4n) is 3.48. The molecule has 1 amide bonds. The second kappa shape index (κ2) is 6.48. The Balaban J connectivity index is 1.81. The van der Waals surface area contributed by atoms with Crippen LogP contribution in [0.2, 0.25) is 0 Å². The van der Waals surface area contributed by atoms with Crippen LogP contribution in [0, 0.1) is 0 Å². The molecule has 1 fully saturated rings. The number of aromatic nitrogens is 1. The minimum Gasteiger partial charge on any atom is -0.444 e. The number of anilines is 1. The number of rotatable bonds is 1. The fourth-order valence-corrected chi connectivity index (χ4v) is 4.79. The van der Waals surface area contributed by atoms with Gasteiger partial charge in [-0.25, -0.2) is 9.78 Å². The summed E-state index contributed by atoms with van der Waals surface area (Å²) >= 11 is 7.09. The van der Waals surface area contributed by atoms with Crippen LogP contribution in [0.5, 0.6) is 0 Å². The summed E-state index contributed by atoms with van der Waals surface area (Å²) in [5.74, 6) is 1.06. The molecule has 1 aromatic rings. The summed E-state index contributed by atoms with van der Waals surface area (Å²) in [6, 6.07) is 2.65. The van der Waals surface area contributed by atoms with Crippen molar-refractivity contribution in [1.29, 1.82) is 0 Å². The molecule has 0 bridgehead atoms. The number of piperazine rings is 1. The average Bonchev–Trinajstić information content (AvgIpc) is 2.81. The maximum Gasteiger partial charge on any atom is 0.410 e. The lowest BCUT2D eigenvalue weighted by Crippen LogP contribution is -2.58. The van der Waals surface area contributed by atoms with Gasteiger partial charge in [0, 0.05) is 28.9 Å². The highest BCUT2D eigenvalue weighted by Crippen LogP contribution is 2.38. The first-order valence-electron chi connectivity index (χ1n) is 8.20. The second-order valence-corrected chi connectivity index (χ2v) is 8.95. The van der Waals surface area contributed by atoms with Gasteiger partial charge in [-0.2, -0.15) is 0 Å². The molecule has 0 aromatic carbocycles. The van der Waals surface area contributed by atoms with Gasteiger partial charge in [0.1, 0.15) is 11.4 Å². The third kappa shape index (κ3) is 3.43. The lowest BCUT2D eigenvalue weighted by atomic mass is 10.1. The SMILES string of the molecule is C[C@@H]1CN(C(=O)OC(C)(C)C)C[C@H]2Cc3cc(Br)c(CBr)nc3N21. The minimum atomic E-state index is -0.465. The van der Waals surface area contributed by atoms with E-state index in [1.165, 1.54) is 5.56 Å². The van der Waals surface area contributed by atoms with Gasteiger partial charge in [-0.1, -0.05) is 15.9 Å². The third-order valence-electron chi connectivity index (χ3n) is 4.37. The van der Waals surface area contributed by atoms with E-state index in [0.29, 0.717) is 13.1 Å². The highest BCUT2D eigenvalue weighted by Gasteiger charge is 2.41. The van der Waals surface area contributed by atoms with E-state index in [1.807, 2.05) is 25.7 Å². The quantitative estimate of drug-likeness (QED) is 0.591. The summed E-state index contributed by atoms with van der Waals surface area (Å²) in [7, 11) is 0. The number of ether oxygens (including phenoxy) is 1. The summed E-state index contributed by atoms with van der Waals surface area (Å²) in [5.41, 5.74) is 1.79. The Morgan fingerprint density at radius 3 is 2.75 bits per heavy atom. The van der Waals surface area contributed by atoms with Crippen LogP contribution in [-0.2, 0) is 16.5 Å². The van der Waals surface area contributed by atoms with Crippen molar-refractivity contribution in [1.82, 2.24) is 9.88 Å². The molecular formula is C17H23Br2N3O2. The van der Waals surface area contributed by atoms with E-state index in [2.05, 4.69) is 49.7 Å². The molecule has 7 heteroatoms. The predicted octanol–water partition coefficient (Wildman–Crippen LogP) is 4.11. The summed E-state index contributed by atoms with van der Waals surface area (Å²) in [6.45, 7) is 9.19. The summed E-state index contributed by atoms with van der Waals surface area (Å²) in [5, 5.41) is 0.720. The monoisotopic (exact) mass is 459 g/mol. The molecule has 0 spiro atoms. The predicted molar refractivity (Wildman–Crippen MR) is 102 cm³/mol. The first kappa shape index (κ1) is 18.0. The zero-order valence-corrected chi connectivity index (χ0v) is 17.6. The highest BCUT2D eigenvalue weighted by atomic mass is 79.9. The molecular weight excluding hydrogens is 438 g/mol. The number of carbonyl (C=O) groups is 1. The van der Waals surface area contributed by atoms with Gasteiger partial charge in [0.25, 0.3) is 0 Å². The van der Waals surface area contributed by atoms with Gasteiger partial charge >= 0.3 is 6.09 Å². The molecule has 5 nitrogen and oxygen atoms in total. The van der Waals surface area contributed by atoms with Crippen molar-refractivity contribution in [2.75, 3.05) is 18.0 Å². The Morgan fingerprint density at radius 2 is 2.12 bits per heavy atom. The van der Waals surface area contributed by atoms with E-state index in [-0.39, 0.29) is 18.2 Å². The molecule has 0 N–H and O–H groups in total. The largest absolute Gasteiger partial charge is 0.444 e. The van der Waals surface area contributed by atoms with Crippen LogP contribution in [0.1, 0.15) is 39.0 Å². The topological polar surface area (TPSA) is 45.7 Å². The first-order valence-corrected chi connectivity index (χ1v) is 10.1. The normalized spacial score (nSPS) is 23.1. The molecule has 0 unspecified atom stereocenters. The molecule has 2 aliphatic rings. The van der Waals surface area contributed by atoms with Crippen molar-refractivity contribution < 1.29 is 9.53 Å². The molecule has 2 atom stereocenters. The van der Waals surface area contributed by atoms with E-state index in [1.54, 1.807) is 0 Å². The van der Waals surface area contributed by atoms with Crippen LogP contribution in [0.15, 0.2) is 10.5 Å². The van der Waals surface area contributed by atoms with Gasteiger partial charge in [0.05, 0.1) is 11.7 Å². The van der Waals surface area contributed by atoms with Crippen molar-refractivity contribution in [2.45, 2.75) is 57.1 Å². The molecule has 24 heavy (non-hydrogen) atoms. The van der Waals surface area contributed by atoms with E-state index in [9.17, 15) is 4.79 Å². The Bertz CT molecular complexity index is 660. The minimum absolute atomic E-state index is 0.217. The number of halogens is 2. The van der Waals surface area contributed by atoms with E-state index < -0.39 is 5.60 Å². The third-order valence-corrected chi connectivity index (χ3v) is 5.58. The van der Waals surface area contributed by atoms with Gasteiger partial charge in [-0.15, -0.1) is 0 Å². The Kier molecular flexibility index (Phi) is 4.86. The van der Waals surface area contributed by atoms with Crippen molar-refractivity contribution in [3.05, 3.63) is 21.8 Å². The number of carbonyl (C=O) groups excluding carboxylic acids is 1. The van der Waals surface area contributed by atoms with Crippen LogP contribution in [0.25, 0.3) is 0 Å². The van der Waals surface area contributed by atoms with Crippen LogP contribution < -0.4 is 4.90 Å². The zero-order valence-electron chi connectivity index (χ0n) is 14.5. The van der Waals surface area contributed by atoms with Crippen molar-refractivity contribution in [3.8, 4) is 0 Å². The van der Waals surface area contributed by atoms with Crippen LogP contribution >= 0.6 is 31.9 Å². The maximum absolute atomic E-state index is 12.4. The molecule has 0 radical (unpaired) electrons. The van der Waals surface area contributed by atoms with E-state index in [0.717, 1.165) is 27.7 Å². The van der Waals surface area contributed by atoms with Gasteiger partial charge < -0.3 is 14.5 Å².